The number of carbonyl (C=O) groups excluding carboxylic acids is 1. The molecule has 0 saturated carbocycles. The molecule has 0 radical (unpaired) electrons. The fourth-order valence-corrected chi connectivity index (χ4v) is 2.12. The Bertz CT molecular complexity index is 291. The Morgan fingerprint density at radius 2 is 2.25 bits per heavy atom. The van der Waals surface area contributed by atoms with Crippen LogP contribution in [0, 0.1) is 13.8 Å². The highest BCUT2D eigenvalue weighted by atomic mass is 32.1. The molecule has 3 heteroatoms. The number of carbonyl (C=O) groups is 1. The summed E-state index contributed by atoms with van der Waals surface area (Å²) >= 11 is 1.57. The van der Waals surface area contributed by atoms with Crippen molar-refractivity contribution in [1.82, 2.24) is 5.32 Å². The summed E-state index contributed by atoms with van der Waals surface area (Å²) in [5, 5.41) is 2.86. The normalized spacial score (nSPS) is 10.2. The van der Waals surface area contributed by atoms with Crippen LogP contribution in [0.4, 0.5) is 0 Å². The first-order chi connectivity index (χ1) is 5.65. The van der Waals surface area contributed by atoms with Crippen molar-refractivity contribution >= 4 is 17.1 Å². The molecule has 0 spiro atoms. The largest absolute Gasteiger partial charge is 0.313 e. The van der Waals surface area contributed by atoms with Crippen molar-refractivity contribution in [2.24, 2.45) is 0 Å². The van der Waals surface area contributed by atoms with E-state index in [1.807, 2.05) is 19.9 Å². The third kappa shape index (κ3) is 1.93. The van der Waals surface area contributed by atoms with E-state index in [4.69, 9.17) is 0 Å². The van der Waals surface area contributed by atoms with E-state index in [0.29, 0.717) is 6.54 Å². The molecule has 1 rings (SSSR count). The maximum absolute atomic E-state index is 11.4. The Morgan fingerprint density at radius 3 is 2.67 bits per heavy atom. The summed E-state index contributed by atoms with van der Waals surface area (Å²) in [6.45, 7) is 4.43. The minimum absolute atomic E-state index is 0.188. The Kier molecular flexibility index (Phi) is 3.00. The van der Waals surface area contributed by atoms with Gasteiger partial charge in [-0.25, -0.2) is 0 Å². The molecular formula is C9H13NOS. The summed E-state index contributed by atoms with van der Waals surface area (Å²) in [4.78, 5) is 13.5. The second-order valence-electron chi connectivity index (χ2n) is 2.82. The van der Waals surface area contributed by atoms with Crippen LogP contribution in [0.15, 0.2) is 6.07 Å². The van der Waals surface area contributed by atoms with E-state index in [-0.39, 0.29) is 5.78 Å². The first-order valence-electron chi connectivity index (χ1n) is 3.90. The van der Waals surface area contributed by atoms with Crippen molar-refractivity contribution in [2.75, 3.05) is 13.6 Å². The standard InChI is InChI=1S/C9H13NOS/c1-6-4-7(2)12-9(6)8(11)5-10-3/h4,10H,5H2,1-3H3. The Hall–Kier alpha value is -0.670. The first-order valence-corrected chi connectivity index (χ1v) is 4.71. The number of hydrogen-bond donors (Lipinski definition) is 1. The lowest BCUT2D eigenvalue weighted by molar-refractivity contribution is 0.0997. The van der Waals surface area contributed by atoms with Crippen LogP contribution in [0.5, 0.6) is 0 Å². The lowest BCUT2D eigenvalue weighted by atomic mass is 10.2. The van der Waals surface area contributed by atoms with E-state index in [1.54, 1.807) is 18.4 Å². The van der Waals surface area contributed by atoms with Crippen molar-refractivity contribution in [3.8, 4) is 0 Å². The zero-order chi connectivity index (χ0) is 9.14. The summed E-state index contributed by atoms with van der Waals surface area (Å²) in [6.07, 6.45) is 0. The van der Waals surface area contributed by atoms with Crippen molar-refractivity contribution in [2.45, 2.75) is 13.8 Å². The lowest BCUT2D eigenvalue weighted by Gasteiger charge is -1.96. The highest BCUT2D eigenvalue weighted by Gasteiger charge is 2.10. The Balaban J connectivity index is 2.87. The second-order valence-corrected chi connectivity index (χ2v) is 4.08. The van der Waals surface area contributed by atoms with Gasteiger partial charge in [-0.3, -0.25) is 4.79 Å². The number of nitrogens with one attached hydrogen (secondary N) is 1. The van der Waals surface area contributed by atoms with Crippen LogP contribution in [-0.2, 0) is 0 Å². The molecule has 0 amide bonds. The third-order valence-electron chi connectivity index (χ3n) is 1.63. The van der Waals surface area contributed by atoms with Crippen molar-refractivity contribution < 1.29 is 4.79 Å². The van der Waals surface area contributed by atoms with Crippen LogP contribution in [0.1, 0.15) is 20.1 Å². The third-order valence-corrected chi connectivity index (χ3v) is 2.83. The number of rotatable bonds is 3. The van der Waals surface area contributed by atoms with Gasteiger partial charge in [-0.1, -0.05) is 0 Å². The van der Waals surface area contributed by atoms with Crippen molar-refractivity contribution in [1.29, 1.82) is 0 Å². The van der Waals surface area contributed by atoms with E-state index in [1.165, 1.54) is 4.88 Å². The van der Waals surface area contributed by atoms with Gasteiger partial charge in [-0.15, -0.1) is 11.3 Å². The van der Waals surface area contributed by atoms with E-state index >= 15 is 0 Å². The number of likely N-dealkylation sites (N-methyl/N-ethyl adjacent to an activating group) is 1. The zero-order valence-electron chi connectivity index (χ0n) is 7.60. The number of Topliss-reactive ketones (excluding diaryl/α,β-unsaturated/α-hetero) is 1. The molecule has 0 unspecified atom stereocenters. The van der Waals surface area contributed by atoms with Crippen LogP contribution < -0.4 is 5.32 Å². The molecule has 0 aromatic carbocycles. The molecule has 12 heavy (non-hydrogen) atoms. The molecule has 1 N–H and O–H groups in total. The van der Waals surface area contributed by atoms with Crippen LogP contribution in [0.3, 0.4) is 0 Å². The van der Waals surface area contributed by atoms with Crippen LogP contribution >= 0.6 is 11.3 Å². The minimum atomic E-state index is 0.188. The van der Waals surface area contributed by atoms with Crippen LogP contribution in [0.2, 0.25) is 0 Å². The van der Waals surface area contributed by atoms with Gasteiger partial charge in [0.25, 0.3) is 0 Å². The average molecular weight is 183 g/mol. The number of hydrogen-bond acceptors (Lipinski definition) is 3. The van der Waals surface area contributed by atoms with E-state index in [2.05, 4.69) is 5.32 Å². The summed E-state index contributed by atoms with van der Waals surface area (Å²) in [5.74, 6) is 0.188. The SMILES string of the molecule is CNCC(=O)c1sc(C)cc1C. The van der Waals surface area contributed by atoms with Gasteiger partial charge < -0.3 is 5.32 Å². The molecule has 1 aromatic rings. The molecule has 0 aliphatic heterocycles. The summed E-state index contributed by atoms with van der Waals surface area (Å²) < 4.78 is 0. The van der Waals surface area contributed by atoms with Gasteiger partial charge in [0.15, 0.2) is 5.78 Å². The molecule has 0 saturated heterocycles. The summed E-state index contributed by atoms with van der Waals surface area (Å²) in [7, 11) is 1.79. The Labute approximate surface area is 76.6 Å². The molecule has 2 nitrogen and oxygen atoms in total. The molecule has 1 aromatic heterocycles. The predicted octanol–water partition coefficient (Wildman–Crippen LogP) is 1.77. The fraction of sp³-hybridized carbons (Fsp3) is 0.444. The molecule has 0 aliphatic rings. The smallest absolute Gasteiger partial charge is 0.186 e. The van der Waals surface area contributed by atoms with E-state index in [0.717, 1.165) is 10.4 Å². The van der Waals surface area contributed by atoms with E-state index < -0.39 is 0 Å². The maximum atomic E-state index is 11.4. The van der Waals surface area contributed by atoms with E-state index in [9.17, 15) is 4.79 Å². The minimum Gasteiger partial charge on any atom is -0.313 e. The van der Waals surface area contributed by atoms with Gasteiger partial charge >= 0.3 is 0 Å². The monoisotopic (exact) mass is 183 g/mol. The van der Waals surface area contributed by atoms with Gasteiger partial charge in [0.2, 0.25) is 0 Å². The highest BCUT2D eigenvalue weighted by Crippen LogP contribution is 2.20. The molecule has 0 aliphatic carbocycles. The molecular weight excluding hydrogens is 170 g/mol. The average Bonchev–Trinajstić information content (AvgIpc) is 2.30. The Morgan fingerprint density at radius 1 is 1.58 bits per heavy atom. The van der Waals surface area contributed by atoms with Gasteiger partial charge in [0.05, 0.1) is 11.4 Å². The van der Waals surface area contributed by atoms with Crippen LogP contribution in [0.25, 0.3) is 0 Å². The maximum Gasteiger partial charge on any atom is 0.186 e. The van der Waals surface area contributed by atoms with Crippen LogP contribution in [-0.4, -0.2) is 19.4 Å². The predicted molar refractivity (Wildman–Crippen MR) is 52.1 cm³/mol. The van der Waals surface area contributed by atoms with Gasteiger partial charge in [0, 0.05) is 4.88 Å². The van der Waals surface area contributed by atoms with Crippen molar-refractivity contribution in [3.63, 3.8) is 0 Å². The number of ketones is 1. The van der Waals surface area contributed by atoms with Crippen molar-refractivity contribution in [3.05, 3.63) is 21.4 Å². The number of thiophene rings is 1. The number of aryl methyl sites for hydroxylation is 2. The zero-order valence-corrected chi connectivity index (χ0v) is 8.42. The van der Waals surface area contributed by atoms with Gasteiger partial charge in [-0.2, -0.15) is 0 Å². The quantitative estimate of drug-likeness (QED) is 0.724. The molecule has 0 atom stereocenters. The lowest BCUT2D eigenvalue weighted by Crippen LogP contribution is -2.18. The first kappa shape index (κ1) is 9.42. The van der Waals surface area contributed by atoms with Gasteiger partial charge in [-0.05, 0) is 32.5 Å². The fourth-order valence-electron chi connectivity index (χ4n) is 1.16. The topological polar surface area (TPSA) is 29.1 Å². The molecule has 0 fully saturated rings. The summed E-state index contributed by atoms with van der Waals surface area (Å²) in [6, 6.07) is 2.05. The second kappa shape index (κ2) is 3.83. The molecule has 1 heterocycles. The van der Waals surface area contributed by atoms with Gasteiger partial charge in [0.1, 0.15) is 0 Å². The molecule has 0 bridgehead atoms. The summed E-state index contributed by atoms with van der Waals surface area (Å²) in [5.41, 5.74) is 1.10. The molecule has 66 valence electrons. The highest BCUT2D eigenvalue weighted by molar-refractivity contribution is 7.14.